The zero-order valence-electron chi connectivity index (χ0n) is 10.8. The normalized spacial score (nSPS) is 10.9. The predicted octanol–water partition coefficient (Wildman–Crippen LogP) is 4.25. The van der Waals surface area contributed by atoms with E-state index in [0.29, 0.717) is 13.0 Å². The van der Waals surface area contributed by atoms with Crippen molar-refractivity contribution in [2.45, 2.75) is 65.2 Å². The van der Waals surface area contributed by atoms with Gasteiger partial charge in [0.25, 0.3) is 0 Å². The highest BCUT2D eigenvalue weighted by molar-refractivity contribution is 5.69. The largest absolute Gasteiger partial charge is 0.466 e. The molecule has 2 heteroatoms. The summed E-state index contributed by atoms with van der Waals surface area (Å²) >= 11 is 0. The number of hydrogen-bond donors (Lipinski definition) is 0. The van der Waals surface area contributed by atoms with Crippen LogP contribution in [0.1, 0.15) is 65.2 Å². The summed E-state index contributed by atoms with van der Waals surface area (Å²) in [5.41, 5.74) is 0. The van der Waals surface area contributed by atoms with Gasteiger partial charge in [0, 0.05) is 6.42 Å². The molecule has 2 nitrogen and oxygen atoms in total. The van der Waals surface area contributed by atoms with E-state index in [2.05, 4.69) is 26.0 Å². The average Bonchev–Trinajstić information content (AvgIpc) is 2.28. The molecule has 0 aliphatic rings. The van der Waals surface area contributed by atoms with Gasteiger partial charge in [0.1, 0.15) is 0 Å². The van der Waals surface area contributed by atoms with Gasteiger partial charge in [0.15, 0.2) is 0 Å². The molecule has 0 atom stereocenters. The Bertz CT molecular complexity index is 185. The van der Waals surface area contributed by atoms with Crippen LogP contribution in [-0.2, 0) is 9.53 Å². The number of ether oxygens (including phenoxy) is 1. The Labute approximate surface area is 100 Å². The Morgan fingerprint density at radius 1 is 1.00 bits per heavy atom. The molecule has 0 fully saturated rings. The first-order chi connectivity index (χ1) is 7.81. The first-order valence-electron chi connectivity index (χ1n) is 6.61. The number of hydrogen-bond acceptors (Lipinski definition) is 2. The maximum absolute atomic E-state index is 11.2. The van der Waals surface area contributed by atoms with Crippen LogP contribution in [0.25, 0.3) is 0 Å². The molecule has 0 rings (SSSR count). The zero-order chi connectivity index (χ0) is 12.1. The van der Waals surface area contributed by atoms with Gasteiger partial charge in [-0.25, -0.2) is 0 Å². The van der Waals surface area contributed by atoms with E-state index in [-0.39, 0.29) is 5.97 Å². The van der Waals surface area contributed by atoms with Gasteiger partial charge in [-0.1, -0.05) is 45.3 Å². The second-order valence-corrected chi connectivity index (χ2v) is 4.08. The third-order valence-corrected chi connectivity index (χ3v) is 2.40. The molecule has 0 saturated carbocycles. The molecule has 0 heterocycles. The first kappa shape index (κ1) is 15.2. The summed E-state index contributed by atoms with van der Waals surface area (Å²) in [6.45, 7) is 4.87. The number of unbranched alkanes of at least 4 members (excludes halogenated alkanes) is 4. The van der Waals surface area contributed by atoms with Gasteiger partial charge in [0.2, 0.25) is 0 Å². The maximum Gasteiger partial charge on any atom is 0.305 e. The van der Waals surface area contributed by atoms with Crippen molar-refractivity contribution in [3.63, 3.8) is 0 Å². The second-order valence-electron chi connectivity index (χ2n) is 4.08. The van der Waals surface area contributed by atoms with E-state index in [1.807, 2.05) is 0 Å². The molecule has 0 saturated heterocycles. The summed E-state index contributed by atoms with van der Waals surface area (Å²) in [6, 6.07) is 0. The van der Waals surface area contributed by atoms with Crippen LogP contribution in [0, 0.1) is 0 Å². The summed E-state index contributed by atoms with van der Waals surface area (Å²) < 4.78 is 5.06. The lowest BCUT2D eigenvalue weighted by Crippen LogP contribution is -2.04. The van der Waals surface area contributed by atoms with Crippen molar-refractivity contribution in [1.82, 2.24) is 0 Å². The Morgan fingerprint density at radius 2 is 1.62 bits per heavy atom. The van der Waals surface area contributed by atoms with Gasteiger partial charge in [-0.2, -0.15) is 0 Å². The number of esters is 1. The molecule has 0 bridgehead atoms. The summed E-state index contributed by atoms with van der Waals surface area (Å²) in [6.07, 6.45) is 12.6. The lowest BCUT2D eigenvalue weighted by molar-refractivity contribution is -0.143. The van der Waals surface area contributed by atoms with E-state index in [1.165, 1.54) is 12.8 Å². The van der Waals surface area contributed by atoms with Crippen molar-refractivity contribution < 1.29 is 9.53 Å². The van der Waals surface area contributed by atoms with Crippen LogP contribution in [0.2, 0.25) is 0 Å². The number of allylic oxidation sites excluding steroid dienone is 2. The maximum atomic E-state index is 11.2. The van der Waals surface area contributed by atoms with E-state index in [4.69, 9.17) is 4.74 Å². The molecule has 16 heavy (non-hydrogen) atoms. The molecule has 0 N–H and O–H groups in total. The minimum atomic E-state index is -0.0459. The highest BCUT2D eigenvalue weighted by Gasteiger charge is 2.00. The predicted molar refractivity (Wildman–Crippen MR) is 68.4 cm³/mol. The van der Waals surface area contributed by atoms with Gasteiger partial charge in [0.05, 0.1) is 6.61 Å². The van der Waals surface area contributed by atoms with Crippen molar-refractivity contribution in [2.24, 2.45) is 0 Å². The molecular formula is C14H26O2. The molecule has 0 aromatic rings. The lowest BCUT2D eigenvalue weighted by atomic mass is 10.2. The molecule has 0 spiro atoms. The van der Waals surface area contributed by atoms with Gasteiger partial charge in [-0.05, 0) is 25.7 Å². The van der Waals surface area contributed by atoms with Crippen molar-refractivity contribution in [2.75, 3.05) is 6.61 Å². The highest BCUT2D eigenvalue weighted by atomic mass is 16.5. The Kier molecular flexibility index (Phi) is 11.7. The second kappa shape index (κ2) is 12.3. The topological polar surface area (TPSA) is 26.3 Å². The molecule has 0 amide bonds. The van der Waals surface area contributed by atoms with Gasteiger partial charge in [-0.3, -0.25) is 4.79 Å². The van der Waals surface area contributed by atoms with Crippen molar-refractivity contribution in [3.05, 3.63) is 12.2 Å². The fraction of sp³-hybridized carbons (Fsp3) is 0.786. The summed E-state index contributed by atoms with van der Waals surface area (Å²) in [5.74, 6) is -0.0459. The highest BCUT2D eigenvalue weighted by Crippen LogP contribution is 2.02. The Morgan fingerprint density at radius 3 is 2.25 bits per heavy atom. The monoisotopic (exact) mass is 226 g/mol. The third kappa shape index (κ3) is 11.3. The molecule has 0 aromatic heterocycles. The van der Waals surface area contributed by atoms with Gasteiger partial charge >= 0.3 is 5.97 Å². The zero-order valence-corrected chi connectivity index (χ0v) is 10.8. The quantitative estimate of drug-likeness (QED) is 0.316. The van der Waals surface area contributed by atoms with Gasteiger partial charge in [-0.15, -0.1) is 0 Å². The summed E-state index contributed by atoms with van der Waals surface area (Å²) in [7, 11) is 0. The van der Waals surface area contributed by atoms with Crippen LogP contribution in [0.3, 0.4) is 0 Å². The van der Waals surface area contributed by atoms with Crippen LogP contribution < -0.4 is 0 Å². The molecular weight excluding hydrogens is 200 g/mol. The van der Waals surface area contributed by atoms with E-state index < -0.39 is 0 Å². The fourth-order valence-electron chi connectivity index (χ4n) is 1.32. The standard InChI is InChI=1S/C14H26O2/c1-3-5-7-8-9-10-11-12-14(15)16-13-6-4-2/h8-9H,3-7,10-13H2,1-2H3. The van der Waals surface area contributed by atoms with E-state index >= 15 is 0 Å². The lowest BCUT2D eigenvalue weighted by Gasteiger charge is -2.02. The summed E-state index contributed by atoms with van der Waals surface area (Å²) in [4.78, 5) is 11.2. The fourth-order valence-corrected chi connectivity index (χ4v) is 1.32. The van der Waals surface area contributed by atoms with Gasteiger partial charge < -0.3 is 4.74 Å². The van der Waals surface area contributed by atoms with E-state index in [9.17, 15) is 4.79 Å². The van der Waals surface area contributed by atoms with Crippen LogP contribution in [-0.4, -0.2) is 12.6 Å². The average molecular weight is 226 g/mol. The minimum absolute atomic E-state index is 0.0459. The third-order valence-electron chi connectivity index (χ3n) is 2.40. The Balaban J connectivity index is 3.23. The minimum Gasteiger partial charge on any atom is -0.466 e. The molecule has 0 radical (unpaired) electrons. The molecule has 0 aliphatic carbocycles. The molecule has 0 aromatic carbocycles. The Hall–Kier alpha value is -0.790. The van der Waals surface area contributed by atoms with E-state index in [1.54, 1.807) is 0 Å². The molecule has 0 aliphatic heterocycles. The molecule has 0 unspecified atom stereocenters. The van der Waals surface area contributed by atoms with Crippen LogP contribution >= 0.6 is 0 Å². The number of carbonyl (C=O) groups excluding carboxylic acids is 1. The molecule has 94 valence electrons. The summed E-state index contributed by atoms with van der Waals surface area (Å²) in [5, 5.41) is 0. The number of carbonyl (C=O) groups is 1. The van der Waals surface area contributed by atoms with Crippen molar-refractivity contribution >= 4 is 5.97 Å². The van der Waals surface area contributed by atoms with E-state index in [0.717, 1.165) is 32.1 Å². The van der Waals surface area contributed by atoms with Crippen LogP contribution in [0.15, 0.2) is 12.2 Å². The number of rotatable bonds is 10. The first-order valence-corrected chi connectivity index (χ1v) is 6.61. The van der Waals surface area contributed by atoms with Crippen LogP contribution in [0.4, 0.5) is 0 Å². The smallest absolute Gasteiger partial charge is 0.305 e. The van der Waals surface area contributed by atoms with Crippen molar-refractivity contribution in [3.8, 4) is 0 Å². The van der Waals surface area contributed by atoms with Crippen molar-refractivity contribution in [1.29, 1.82) is 0 Å². The van der Waals surface area contributed by atoms with Crippen LogP contribution in [0.5, 0.6) is 0 Å². The SMILES string of the molecule is CCCCC=CCCCC(=O)OCCCC.